The Kier molecular flexibility index (Phi) is 2.97. The second kappa shape index (κ2) is 4.52. The molecule has 2 aliphatic rings. The van der Waals surface area contributed by atoms with Gasteiger partial charge in [0.1, 0.15) is 0 Å². The first-order valence-corrected chi connectivity index (χ1v) is 8.24. The SMILES string of the molecule is O=C(c1ccc2c(c1)NCC2)N1CCS(=O)(=O)CC1. The average molecular weight is 280 g/mol. The number of carbonyl (C=O) groups excluding carboxylic acids is 1. The van der Waals surface area contributed by atoms with Crippen LogP contribution in [-0.4, -0.2) is 50.4 Å². The van der Waals surface area contributed by atoms with Crippen molar-refractivity contribution in [3.63, 3.8) is 0 Å². The number of anilines is 1. The Bertz CT molecular complexity index is 611. The molecule has 0 atom stereocenters. The van der Waals surface area contributed by atoms with Gasteiger partial charge in [-0.15, -0.1) is 0 Å². The third-order valence-corrected chi connectivity index (χ3v) is 5.31. The van der Waals surface area contributed by atoms with Crippen LogP contribution in [0.4, 0.5) is 5.69 Å². The molecule has 0 unspecified atom stereocenters. The quantitative estimate of drug-likeness (QED) is 0.814. The van der Waals surface area contributed by atoms with E-state index >= 15 is 0 Å². The summed E-state index contributed by atoms with van der Waals surface area (Å²) >= 11 is 0. The topological polar surface area (TPSA) is 66.5 Å². The molecule has 1 aromatic rings. The van der Waals surface area contributed by atoms with Crippen molar-refractivity contribution in [1.29, 1.82) is 0 Å². The van der Waals surface area contributed by atoms with Crippen molar-refractivity contribution in [2.24, 2.45) is 0 Å². The highest BCUT2D eigenvalue weighted by molar-refractivity contribution is 7.91. The first-order chi connectivity index (χ1) is 9.05. The summed E-state index contributed by atoms with van der Waals surface area (Å²) in [4.78, 5) is 13.9. The van der Waals surface area contributed by atoms with Gasteiger partial charge in [0.05, 0.1) is 11.5 Å². The van der Waals surface area contributed by atoms with Crippen LogP contribution in [0.3, 0.4) is 0 Å². The van der Waals surface area contributed by atoms with Gasteiger partial charge in [0, 0.05) is 30.9 Å². The van der Waals surface area contributed by atoms with Crippen LogP contribution in [0.25, 0.3) is 0 Å². The molecule has 0 aliphatic carbocycles. The molecule has 5 nitrogen and oxygen atoms in total. The van der Waals surface area contributed by atoms with E-state index in [0.29, 0.717) is 18.7 Å². The van der Waals surface area contributed by atoms with Gasteiger partial charge >= 0.3 is 0 Å². The van der Waals surface area contributed by atoms with Crippen molar-refractivity contribution < 1.29 is 13.2 Å². The number of carbonyl (C=O) groups is 1. The number of hydrogen-bond acceptors (Lipinski definition) is 4. The van der Waals surface area contributed by atoms with Crippen LogP contribution in [0.15, 0.2) is 18.2 Å². The Morgan fingerprint density at radius 3 is 2.68 bits per heavy atom. The van der Waals surface area contributed by atoms with Gasteiger partial charge in [0.15, 0.2) is 9.84 Å². The molecule has 0 spiro atoms. The average Bonchev–Trinajstić information content (AvgIpc) is 2.85. The molecule has 6 heteroatoms. The lowest BCUT2D eigenvalue weighted by molar-refractivity contribution is 0.0770. The summed E-state index contributed by atoms with van der Waals surface area (Å²) in [5, 5.41) is 3.24. The standard InChI is InChI=1S/C13H16N2O3S/c16-13(15-5-7-19(17,18)8-6-15)11-2-1-10-3-4-14-12(10)9-11/h1-2,9,14H,3-8H2. The monoisotopic (exact) mass is 280 g/mol. The van der Waals surface area contributed by atoms with Crippen molar-refractivity contribution in [2.45, 2.75) is 6.42 Å². The summed E-state index contributed by atoms with van der Waals surface area (Å²) in [5.74, 6) is 0.0653. The minimum atomic E-state index is -2.95. The molecule has 1 fully saturated rings. The highest BCUT2D eigenvalue weighted by atomic mass is 32.2. The largest absolute Gasteiger partial charge is 0.384 e. The number of nitrogens with zero attached hydrogens (tertiary/aromatic N) is 1. The Morgan fingerprint density at radius 1 is 1.21 bits per heavy atom. The van der Waals surface area contributed by atoms with E-state index in [2.05, 4.69) is 5.32 Å². The van der Waals surface area contributed by atoms with E-state index in [-0.39, 0.29) is 17.4 Å². The number of hydrogen-bond donors (Lipinski definition) is 1. The van der Waals surface area contributed by atoms with Crippen LogP contribution < -0.4 is 5.32 Å². The maximum atomic E-state index is 12.3. The van der Waals surface area contributed by atoms with E-state index in [1.165, 1.54) is 5.56 Å². The minimum absolute atomic E-state index is 0.0714. The summed E-state index contributed by atoms with van der Waals surface area (Å²) in [6, 6.07) is 5.67. The predicted molar refractivity (Wildman–Crippen MR) is 73.2 cm³/mol. The lowest BCUT2D eigenvalue weighted by atomic mass is 10.1. The highest BCUT2D eigenvalue weighted by Gasteiger charge is 2.26. The molecule has 0 aromatic heterocycles. The molecule has 0 radical (unpaired) electrons. The van der Waals surface area contributed by atoms with Crippen molar-refractivity contribution in [1.82, 2.24) is 4.90 Å². The summed E-state index contributed by atoms with van der Waals surface area (Å²) in [5.41, 5.74) is 2.89. The fraction of sp³-hybridized carbons (Fsp3) is 0.462. The molecule has 3 rings (SSSR count). The second-order valence-corrected chi connectivity index (χ2v) is 7.30. The zero-order valence-electron chi connectivity index (χ0n) is 10.6. The van der Waals surface area contributed by atoms with Crippen LogP contribution in [0.2, 0.25) is 0 Å². The van der Waals surface area contributed by atoms with Gasteiger partial charge in [-0.3, -0.25) is 4.79 Å². The first-order valence-electron chi connectivity index (χ1n) is 6.42. The molecule has 1 amide bonds. The van der Waals surface area contributed by atoms with E-state index in [1.54, 1.807) is 4.90 Å². The number of nitrogens with one attached hydrogen (secondary N) is 1. The lowest BCUT2D eigenvalue weighted by Crippen LogP contribution is -2.43. The smallest absolute Gasteiger partial charge is 0.253 e. The molecule has 19 heavy (non-hydrogen) atoms. The van der Waals surface area contributed by atoms with E-state index in [1.807, 2.05) is 18.2 Å². The number of sulfone groups is 1. The molecular weight excluding hydrogens is 264 g/mol. The summed E-state index contributed by atoms with van der Waals surface area (Å²) in [6.45, 7) is 1.51. The van der Waals surface area contributed by atoms with Gasteiger partial charge in [0.25, 0.3) is 5.91 Å². The third kappa shape index (κ3) is 2.45. The van der Waals surface area contributed by atoms with Gasteiger partial charge in [-0.1, -0.05) is 6.07 Å². The highest BCUT2D eigenvalue weighted by Crippen LogP contribution is 2.24. The molecule has 102 valence electrons. The fourth-order valence-electron chi connectivity index (χ4n) is 2.52. The second-order valence-electron chi connectivity index (χ2n) is 4.99. The Labute approximate surface area is 112 Å². The minimum Gasteiger partial charge on any atom is -0.384 e. The van der Waals surface area contributed by atoms with Gasteiger partial charge in [-0.2, -0.15) is 0 Å². The van der Waals surface area contributed by atoms with Gasteiger partial charge in [-0.05, 0) is 24.1 Å². The number of rotatable bonds is 1. The zero-order chi connectivity index (χ0) is 13.5. The van der Waals surface area contributed by atoms with Crippen molar-refractivity contribution in [3.05, 3.63) is 29.3 Å². The first kappa shape index (κ1) is 12.5. The molecule has 2 heterocycles. The summed E-state index contributed by atoms with van der Waals surface area (Å²) in [7, 11) is -2.95. The van der Waals surface area contributed by atoms with Crippen molar-refractivity contribution in [3.8, 4) is 0 Å². The van der Waals surface area contributed by atoms with Crippen molar-refractivity contribution in [2.75, 3.05) is 36.5 Å². The summed E-state index contributed by atoms with van der Waals surface area (Å²) in [6.07, 6.45) is 0.992. The Morgan fingerprint density at radius 2 is 1.95 bits per heavy atom. The fourth-order valence-corrected chi connectivity index (χ4v) is 3.72. The van der Waals surface area contributed by atoms with Gasteiger partial charge in [-0.25, -0.2) is 8.42 Å². The van der Waals surface area contributed by atoms with E-state index < -0.39 is 9.84 Å². The summed E-state index contributed by atoms with van der Waals surface area (Å²) < 4.78 is 22.7. The van der Waals surface area contributed by atoms with Crippen LogP contribution in [0, 0.1) is 0 Å². The van der Waals surface area contributed by atoms with E-state index in [4.69, 9.17) is 0 Å². The van der Waals surface area contributed by atoms with Crippen molar-refractivity contribution >= 4 is 21.4 Å². The molecular formula is C13H16N2O3S. The van der Waals surface area contributed by atoms with Gasteiger partial charge < -0.3 is 10.2 Å². The lowest BCUT2D eigenvalue weighted by Gasteiger charge is -2.26. The maximum Gasteiger partial charge on any atom is 0.253 e. The van der Waals surface area contributed by atoms with E-state index in [0.717, 1.165) is 18.7 Å². The zero-order valence-corrected chi connectivity index (χ0v) is 11.4. The van der Waals surface area contributed by atoms with Crippen LogP contribution in [-0.2, 0) is 16.3 Å². The Hall–Kier alpha value is -1.56. The predicted octanol–water partition coefficient (Wildman–Crippen LogP) is 0.525. The Balaban J connectivity index is 1.77. The van der Waals surface area contributed by atoms with Gasteiger partial charge in [0.2, 0.25) is 0 Å². The molecule has 1 N–H and O–H groups in total. The molecule has 0 bridgehead atoms. The number of fused-ring (bicyclic) bond motifs is 1. The maximum absolute atomic E-state index is 12.3. The number of benzene rings is 1. The number of amides is 1. The van der Waals surface area contributed by atoms with Crippen LogP contribution in [0.1, 0.15) is 15.9 Å². The third-order valence-electron chi connectivity index (χ3n) is 3.70. The van der Waals surface area contributed by atoms with E-state index in [9.17, 15) is 13.2 Å². The van der Waals surface area contributed by atoms with Crippen LogP contribution >= 0.6 is 0 Å². The normalized spacial score (nSPS) is 20.7. The van der Waals surface area contributed by atoms with Crippen LogP contribution in [0.5, 0.6) is 0 Å². The molecule has 1 aromatic carbocycles. The molecule has 0 saturated carbocycles. The molecule has 1 saturated heterocycles. The molecule has 2 aliphatic heterocycles.